The average molecular weight is 326 g/mol. The molecule has 0 saturated heterocycles. The van der Waals surface area contributed by atoms with Crippen LogP contribution in [0.5, 0.6) is 0 Å². The van der Waals surface area contributed by atoms with Gasteiger partial charge in [-0.05, 0) is 18.2 Å². The first-order chi connectivity index (χ1) is 10.0. The third kappa shape index (κ3) is 3.60. The van der Waals surface area contributed by atoms with Crippen LogP contribution >= 0.6 is 23.2 Å². The van der Waals surface area contributed by atoms with Gasteiger partial charge in [-0.2, -0.15) is 9.97 Å². The summed E-state index contributed by atoms with van der Waals surface area (Å²) in [5.41, 5.74) is 5.77. The van der Waals surface area contributed by atoms with Gasteiger partial charge in [0.1, 0.15) is 5.82 Å². The fourth-order valence-electron chi connectivity index (χ4n) is 1.61. The van der Waals surface area contributed by atoms with Gasteiger partial charge in [-0.15, -0.1) is 6.58 Å². The second-order valence-corrected chi connectivity index (χ2v) is 4.95. The topological polar surface area (TPSA) is 71.8 Å². The van der Waals surface area contributed by atoms with Crippen molar-refractivity contribution in [2.75, 3.05) is 12.0 Å². The SMILES string of the molecule is C=CCNNc1nc(-c2ccc(Cl)c(Cl)c2)n(C)c(=O)n1. The molecule has 0 aliphatic heterocycles. The van der Waals surface area contributed by atoms with Crippen molar-refractivity contribution in [1.29, 1.82) is 0 Å². The third-order valence-corrected chi connectivity index (χ3v) is 3.38. The Morgan fingerprint density at radius 3 is 2.76 bits per heavy atom. The summed E-state index contributed by atoms with van der Waals surface area (Å²) in [5, 5.41) is 0.824. The minimum absolute atomic E-state index is 0.168. The van der Waals surface area contributed by atoms with Crippen LogP contribution in [0.2, 0.25) is 10.0 Å². The molecular formula is C13H13Cl2N5O. The lowest BCUT2D eigenvalue weighted by Gasteiger charge is -2.10. The van der Waals surface area contributed by atoms with E-state index in [0.29, 0.717) is 28.0 Å². The monoisotopic (exact) mass is 325 g/mol. The molecule has 0 saturated carbocycles. The quantitative estimate of drug-likeness (QED) is 0.501. The summed E-state index contributed by atoms with van der Waals surface area (Å²) >= 11 is 11.9. The predicted octanol–water partition coefficient (Wildman–Crippen LogP) is 2.25. The maximum atomic E-state index is 11.9. The van der Waals surface area contributed by atoms with Crippen molar-refractivity contribution in [1.82, 2.24) is 20.0 Å². The zero-order valence-corrected chi connectivity index (χ0v) is 12.7. The van der Waals surface area contributed by atoms with E-state index in [9.17, 15) is 4.79 Å². The molecule has 2 rings (SSSR count). The van der Waals surface area contributed by atoms with Gasteiger partial charge < -0.3 is 0 Å². The van der Waals surface area contributed by atoms with E-state index in [1.54, 1.807) is 31.3 Å². The summed E-state index contributed by atoms with van der Waals surface area (Å²) in [7, 11) is 1.58. The first-order valence-electron chi connectivity index (χ1n) is 6.03. The normalized spacial score (nSPS) is 10.4. The Kier molecular flexibility index (Phi) is 4.95. The number of nitrogens with zero attached hydrogens (tertiary/aromatic N) is 3. The number of hydrazine groups is 1. The number of hydrogen-bond donors (Lipinski definition) is 2. The molecule has 1 aromatic heterocycles. The molecule has 0 fully saturated rings. The van der Waals surface area contributed by atoms with E-state index in [-0.39, 0.29) is 5.95 Å². The molecule has 0 spiro atoms. The lowest BCUT2D eigenvalue weighted by Crippen LogP contribution is -2.29. The first kappa shape index (κ1) is 15.5. The van der Waals surface area contributed by atoms with Crippen molar-refractivity contribution < 1.29 is 0 Å². The van der Waals surface area contributed by atoms with Crippen molar-refractivity contribution in [2.45, 2.75) is 0 Å². The molecule has 0 radical (unpaired) electrons. The number of nitrogens with one attached hydrogen (secondary N) is 2. The van der Waals surface area contributed by atoms with Crippen LogP contribution in [0.25, 0.3) is 11.4 Å². The number of anilines is 1. The molecule has 0 bridgehead atoms. The molecule has 0 atom stereocenters. The van der Waals surface area contributed by atoms with Gasteiger partial charge in [0.05, 0.1) is 10.0 Å². The minimum atomic E-state index is -0.436. The van der Waals surface area contributed by atoms with Crippen LogP contribution in [0, 0.1) is 0 Å². The van der Waals surface area contributed by atoms with Gasteiger partial charge in [0, 0.05) is 19.2 Å². The van der Waals surface area contributed by atoms with Crippen LogP contribution in [0.15, 0.2) is 35.6 Å². The number of benzene rings is 1. The van der Waals surface area contributed by atoms with Crippen molar-refractivity contribution in [2.24, 2.45) is 7.05 Å². The molecule has 110 valence electrons. The van der Waals surface area contributed by atoms with Crippen LogP contribution in [-0.2, 0) is 7.05 Å². The summed E-state index contributed by atoms with van der Waals surface area (Å²) in [6.07, 6.45) is 1.66. The van der Waals surface area contributed by atoms with Crippen LogP contribution < -0.4 is 16.5 Å². The Bertz CT molecular complexity index is 729. The molecule has 1 heterocycles. The number of aromatic nitrogens is 3. The Hall–Kier alpha value is -1.89. The zero-order chi connectivity index (χ0) is 15.4. The standard InChI is InChI=1S/C13H13Cl2N5O/c1-3-6-16-19-12-17-11(20(2)13(21)18-12)8-4-5-9(14)10(15)7-8/h3-5,7,16H,1,6H2,2H3,(H,18,19,21). The van der Waals surface area contributed by atoms with Crippen molar-refractivity contribution >= 4 is 29.2 Å². The molecule has 0 amide bonds. The van der Waals surface area contributed by atoms with Gasteiger partial charge in [0.2, 0.25) is 5.95 Å². The van der Waals surface area contributed by atoms with Crippen LogP contribution in [0.4, 0.5) is 5.95 Å². The Balaban J connectivity index is 2.44. The molecule has 0 unspecified atom stereocenters. The van der Waals surface area contributed by atoms with Crippen molar-refractivity contribution in [3.63, 3.8) is 0 Å². The van der Waals surface area contributed by atoms with Crippen molar-refractivity contribution in [3.8, 4) is 11.4 Å². The van der Waals surface area contributed by atoms with Gasteiger partial charge in [0.25, 0.3) is 0 Å². The van der Waals surface area contributed by atoms with Crippen molar-refractivity contribution in [3.05, 3.63) is 51.4 Å². The molecular weight excluding hydrogens is 313 g/mol. The molecule has 8 heteroatoms. The summed E-state index contributed by atoms with van der Waals surface area (Å²) in [4.78, 5) is 20.0. The highest BCUT2D eigenvalue weighted by atomic mass is 35.5. The zero-order valence-electron chi connectivity index (χ0n) is 11.2. The summed E-state index contributed by atoms with van der Waals surface area (Å²) in [5.74, 6) is 0.595. The fourth-order valence-corrected chi connectivity index (χ4v) is 1.91. The summed E-state index contributed by atoms with van der Waals surface area (Å²) < 4.78 is 1.33. The summed E-state index contributed by atoms with van der Waals surface area (Å²) in [6, 6.07) is 5.03. The number of rotatable bonds is 5. The maximum Gasteiger partial charge on any atom is 0.352 e. The van der Waals surface area contributed by atoms with E-state index in [2.05, 4.69) is 27.4 Å². The van der Waals surface area contributed by atoms with E-state index in [1.165, 1.54) is 4.57 Å². The van der Waals surface area contributed by atoms with E-state index in [4.69, 9.17) is 23.2 Å². The average Bonchev–Trinajstić information content (AvgIpc) is 2.46. The smallest absolute Gasteiger partial charge is 0.289 e. The molecule has 21 heavy (non-hydrogen) atoms. The fraction of sp³-hybridized carbons (Fsp3) is 0.154. The molecule has 0 aliphatic rings. The minimum Gasteiger partial charge on any atom is -0.289 e. The van der Waals surface area contributed by atoms with Crippen LogP contribution in [-0.4, -0.2) is 21.1 Å². The van der Waals surface area contributed by atoms with E-state index in [0.717, 1.165) is 0 Å². The lowest BCUT2D eigenvalue weighted by atomic mass is 10.2. The number of halogens is 2. The predicted molar refractivity (Wildman–Crippen MR) is 84.6 cm³/mol. The summed E-state index contributed by atoms with van der Waals surface area (Å²) in [6.45, 7) is 4.07. The first-order valence-corrected chi connectivity index (χ1v) is 6.78. The highest BCUT2D eigenvalue weighted by Crippen LogP contribution is 2.27. The van der Waals surface area contributed by atoms with Gasteiger partial charge >= 0.3 is 5.69 Å². The lowest BCUT2D eigenvalue weighted by molar-refractivity contribution is 0.769. The second-order valence-electron chi connectivity index (χ2n) is 4.14. The van der Waals surface area contributed by atoms with E-state index < -0.39 is 5.69 Å². The van der Waals surface area contributed by atoms with Crippen LogP contribution in [0.3, 0.4) is 0 Å². The Morgan fingerprint density at radius 2 is 2.10 bits per heavy atom. The molecule has 1 aromatic carbocycles. The molecule has 6 nitrogen and oxygen atoms in total. The number of hydrogen-bond acceptors (Lipinski definition) is 5. The Morgan fingerprint density at radius 1 is 1.33 bits per heavy atom. The highest BCUT2D eigenvalue weighted by Gasteiger charge is 2.10. The maximum absolute atomic E-state index is 11.9. The van der Waals surface area contributed by atoms with E-state index in [1.807, 2.05) is 0 Å². The Labute approximate surface area is 131 Å². The van der Waals surface area contributed by atoms with Gasteiger partial charge in [-0.25, -0.2) is 10.2 Å². The third-order valence-electron chi connectivity index (χ3n) is 2.64. The molecule has 2 aromatic rings. The van der Waals surface area contributed by atoms with Gasteiger partial charge in [0.15, 0.2) is 0 Å². The molecule has 0 aliphatic carbocycles. The molecule has 2 N–H and O–H groups in total. The second kappa shape index (κ2) is 6.71. The van der Waals surface area contributed by atoms with Gasteiger partial charge in [-0.1, -0.05) is 29.3 Å². The van der Waals surface area contributed by atoms with Gasteiger partial charge in [-0.3, -0.25) is 9.99 Å². The highest BCUT2D eigenvalue weighted by molar-refractivity contribution is 6.42. The largest absolute Gasteiger partial charge is 0.352 e. The van der Waals surface area contributed by atoms with E-state index >= 15 is 0 Å². The van der Waals surface area contributed by atoms with Crippen LogP contribution in [0.1, 0.15) is 0 Å².